The molecule has 3 aliphatic rings. The Morgan fingerprint density at radius 3 is 2.39 bits per heavy atom. The Bertz CT molecular complexity index is 724. The minimum absolute atomic E-state index is 0.0886. The van der Waals surface area contributed by atoms with Crippen LogP contribution in [0.3, 0.4) is 0 Å². The lowest BCUT2D eigenvalue weighted by atomic mass is 9.83. The van der Waals surface area contributed by atoms with E-state index < -0.39 is 17.6 Å². The fraction of sp³-hybridized carbons (Fsp3) is 0.619. The maximum atomic E-state index is 13.4. The van der Waals surface area contributed by atoms with Crippen LogP contribution in [0.4, 0.5) is 4.39 Å². The van der Waals surface area contributed by atoms with Gasteiger partial charge < -0.3 is 14.4 Å². The number of hydrogen-bond acceptors (Lipinski definition) is 4. The highest BCUT2D eigenvalue weighted by atomic mass is 19.1. The van der Waals surface area contributed by atoms with Crippen LogP contribution >= 0.6 is 0 Å². The van der Waals surface area contributed by atoms with Crippen molar-refractivity contribution >= 4 is 11.8 Å². The zero-order valence-electron chi connectivity index (χ0n) is 16.2. The number of ether oxygens (including phenoxy) is 2. The summed E-state index contributed by atoms with van der Waals surface area (Å²) in [6.45, 7) is 4.47. The molecule has 0 radical (unpaired) electrons. The second-order valence-electron chi connectivity index (χ2n) is 8.08. The molecule has 1 atom stereocenters. The maximum Gasteiger partial charge on any atom is 0.256 e. The topological polar surface area (TPSA) is 59.1 Å². The standard InChI is InChI=1S/C21H27FN2O4/c1-15-6-8-21(9-7-15)24(19(25)16-2-4-17(22)5-3-16)18(14-28-21)20(26)23-10-12-27-13-11-23/h2-5,15,18H,6-14H2,1H3/t15?,18-,21?/m1/s1. The summed E-state index contributed by atoms with van der Waals surface area (Å²) in [7, 11) is 0. The van der Waals surface area contributed by atoms with Crippen molar-refractivity contribution in [3.8, 4) is 0 Å². The van der Waals surface area contributed by atoms with Gasteiger partial charge in [0.25, 0.3) is 5.91 Å². The number of nitrogens with zero attached hydrogens (tertiary/aromatic N) is 2. The van der Waals surface area contributed by atoms with Crippen LogP contribution in [0.25, 0.3) is 0 Å². The molecule has 1 spiro atoms. The van der Waals surface area contributed by atoms with Crippen LogP contribution in [-0.4, -0.2) is 66.3 Å². The molecular weight excluding hydrogens is 363 g/mol. The minimum Gasteiger partial charge on any atom is -0.378 e. The van der Waals surface area contributed by atoms with E-state index in [2.05, 4.69) is 6.92 Å². The van der Waals surface area contributed by atoms with E-state index in [-0.39, 0.29) is 18.4 Å². The smallest absolute Gasteiger partial charge is 0.256 e. The Balaban J connectivity index is 1.64. The van der Waals surface area contributed by atoms with Gasteiger partial charge in [-0.15, -0.1) is 0 Å². The molecule has 7 heteroatoms. The van der Waals surface area contributed by atoms with Gasteiger partial charge >= 0.3 is 0 Å². The average Bonchev–Trinajstić information content (AvgIpc) is 3.09. The molecule has 2 heterocycles. The van der Waals surface area contributed by atoms with Gasteiger partial charge in [0.05, 0.1) is 19.8 Å². The van der Waals surface area contributed by atoms with E-state index >= 15 is 0 Å². The molecule has 2 aliphatic heterocycles. The fourth-order valence-electron chi connectivity index (χ4n) is 4.49. The third kappa shape index (κ3) is 3.53. The van der Waals surface area contributed by atoms with E-state index in [1.165, 1.54) is 24.3 Å². The second kappa shape index (κ2) is 7.79. The predicted molar refractivity (Wildman–Crippen MR) is 100 cm³/mol. The molecule has 28 heavy (non-hydrogen) atoms. The number of rotatable bonds is 2. The molecule has 3 fully saturated rings. The van der Waals surface area contributed by atoms with Crippen molar-refractivity contribution in [1.29, 1.82) is 0 Å². The molecular formula is C21H27FN2O4. The van der Waals surface area contributed by atoms with Crippen LogP contribution in [-0.2, 0) is 14.3 Å². The van der Waals surface area contributed by atoms with Crippen LogP contribution in [0.2, 0.25) is 0 Å². The zero-order valence-corrected chi connectivity index (χ0v) is 16.2. The summed E-state index contributed by atoms with van der Waals surface area (Å²) >= 11 is 0. The summed E-state index contributed by atoms with van der Waals surface area (Å²) in [6.07, 6.45) is 3.33. The van der Waals surface area contributed by atoms with Crippen molar-refractivity contribution < 1.29 is 23.5 Å². The van der Waals surface area contributed by atoms with E-state index in [4.69, 9.17) is 9.47 Å². The van der Waals surface area contributed by atoms with Gasteiger partial charge in [0.1, 0.15) is 17.6 Å². The van der Waals surface area contributed by atoms with Gasteiger partial charge in [-0.25, -0.2) is 4.39 Å². The van der Waals surface area contributed by atoms with Crippen molar-refractivity contribution in [2.75, 3.05) is 32.9 Å². The summed E-state index contributed by atoms with van der Waals surface area (Å²) in [5.41, 5.74) is -0.366. The first kappa shape index (κ1) is 19.3. The lowest BCUT2D eigenvalue weighted by molar-refractivity contribution is -0.141. The molecule has 1 aromatic rings. The number of amides is 2. The number of morpholine rings is 1. The molecule has 2 saturated heterocycles. The molecule has 0 aromatic heterocycles. The van der Waals surface area contributed by atoms with Gasteiger partial charge in [0.15, 0.2) is 0 Å². The summed E-state index contributed by atoms with van der Waals surface area (Å²) in [5.74, 6) is -0.171. The van der Waals surface area contributed by atoms with Gasteiger partial charge in [-0.3, -0.25) is 14.5 Å². The first-order valence-corrected chi connectivity index (χ1v) is 10.1. The Hall–Kier alpha value is -1.99. The highest BCUT2D eigenvalue weighted by Gasteiger charge is 2.54. The molecule has 1 aromatic carbocycles. The molecule has 0 N–H and O–H groups in total. The van der Waals surface area contributed by atoms with Crippen LogP contribution < -0.4 is 0 Å². The quantitative estimate of drug-likeness (QED) is 0.778. The molecule has 0 bridgehead atoms. The van der Waals surface area contributed by atoms with Gasteiger partial charge in [0.2, 0.25) is 5.91 Å². The lowest BCUT2D eigenvalue weighted by Crippen LogP contribution is -2.58. The van der Waals surface area contributed by atoms with Crippen molar-refractivity contribution in [1.82, 2.24) is 9.80 Å². The van der Waals surface area contributed by atoms with Crippen LogP contribution in [0.15, 0.2) is 24.3 Å². The molecule has 6 nitrogen and oxygen atoms in total. The third-order valence-electron chi connectivity index (χ3n) is 6.23. The number of carbonyl (C=O) groups is 2. The first-order valence-electron chi connectivity index (χ1n) is 10.1. The Morgan fingerprint density at radius 1 is 1.11 bits per heavy atom. The lowest BCUT2D eigenvalue weighted by Gasteiger charge is -2.43. The summed E-state index contributed by atoms with van der Waals surface area (Å²) in [4.78, 5) is 30.1. The largest absolute Gasteiger partial charge is 0.378 e. The van der Waals surface area contributed by atoms with Gasteiger partial charge in [-0.2, -0.15) is 0 Å². The number of hydrogen-bond donors (Lipinski definition) is 0. The summed E-state index contributed by atoms with van der Waals surface area (Å²) in [6, 6.07) is 4.86. The van der Waals surface area contributed by atoms with E-state index in [0.717, 1.165) is 12.8 Å². The summed E-state index contributed by atoms with van der Waals surface area (Å²) < 4.78 is 24.9. The first-order chi connectivity index (χ1) is 13.5. The van der Waals surface area contributed by atoms with Gasteiger partial charge in [-0.1, -0.05) is 6.92 Å². The van der Waals surface area contributed by atoms with Crippen molar-refractivity contribution in [3.63, 3.8) is 0 Å². The molecule has 2 amide bonds. The van der Waals surface area contributed by atoms with Crippen molar-refractivity contribution in [2.24, 2.45) is 5.92 Å². The normalized spacial score (nSPS) is 30.6. The minimum atomic E-state index is -0.745. The Labute approximate surface area is 164 Å². The molecule has 152 valence electrons. The number of carbonyl (C=O) groups excluding carboxylic acids is 2. The van der Waals surface area contributed by atoms with Crippen LogP contribution in [0.5, 0.6) is 0 Å². The Morgan fingerprint density at radius 2 is 1.75 bits per heavy atom. The monoisotopic (exact) mass is 390 g/mol. The highest BCUT2D eigenvalue weighted by molar-refractivity contribution is 5.98. The van der Waals surface area contributed by atoms with E-state index in [9.17, 15) is 14.0 Å². The predicted octanol–water partition coefficient (Wildman–Crippen LogP) is 2.43. The van der Waals surface area contributed by atoms with Crippen molar-refractivity contribution in [2.45, 2.75) is 44.4 Å². The summed E-state index contributed by atoms with van der Waals surface area (Å²) in [5, 5.41) is 0. The molecule has 4 rings (SSSR count). The van der Waals surface area contributed by atoms with E-state index in [1.54, 1.807) is 9.80 Å². The fourth-order valence-corrected chi connectivity index (χ4v) is 4.49. The van der Waals surface area contributed by atoms with E-state index in [0.29, 0.717) is 50.6 Å². The highest BCUT2D eigenvalue weighted by Crippen LogP contribution is 2.43. The van der Waals surface area contributed by atoms with Crippen LogP contribution in [0.1, 0.15) is 43.0 Å². The maximum absolute atomic E-state index is 13.4. The molecule has 0 unspecified atom stereocenters. The number of halogens is 1. The second-order valence-corrected chi connectivity index (χ2v) is 8.08. The van der Waals surface area contributed by atoms with Gasteiger partial charge in [-0.05, 0) is 55.9 Å². The van der Waals surface area contributed by atoms with Crippen LogP contribution in [0, 0.1) is 11.7 Å². The third-order valence-corrected chi connectivity index (χ3v) is 6.23. The molecule has 1 aliphatic carbocycles. The van der Waals surface area contributed by atoms with Gasteiger partial charge in [0, 0.05) is 18.7 Å². The number of benzene rings is 1. The van der Waals surface area contributed by atoms with E-state index in [1.807, 2.05) is 0 Å². The van der Waals surface area contributed by atoms with Crippen molar-refractivity contribution in [3.05, 3.63) is 35.6 Å². The molecule has 1 saturated carbocycles. The SMILES string of the molecule is CC1CCC2(CC1)OC[C@H](C(=O)N1CCOCC1)N2C(=O)c1ccc(F)cc1. The average molecular weight is 390 g/mol. The zero-order chi connectivity index (χ0) is 19.7. The Kier molecular flexibility index (Phi) is 5.38.